The van der Waals surface area contributed by atoms with Crippen LogP contribution < -0.4 is 10.8 Å². The zero-order valence-corrected chi connectivity index (χ0v) is 8.30. The Labute approximate surface area is 90.2 Å². The molecule has 2 rings (SSSR count). The molecule has 2 aromatic heterocycles. The van der Waals surface area contributed by atoms with Gasteiger partial charge in [0, 0.05) is 6.08 Å². The molecule has 0 saturated heterocycles. The Kier molecular flexibility index (Phi) is 2.46. The SMILES string of the molecule is C=c1oc(=Cc2ccc(CO)o2)c(O)c1O. The minimum absolute atomic E-state index is 0.0160. The van der Waals surface area contributed by atoms with Crippen molar-refractivity contribution in [3.8, 4) is 11.5 Å². The molecule has 2 heterocycles. The van der Waals surface area contributed by atoms with Gasteiger partial charge in [-0.1, -0.05) is 6.58 Å². The summed E-state index contributed by atoms with van der Waals surface area (Å²) in [7, 11) is 0. The summed E-state index contributed by atoms with van der Waals surface area (Å²) >= 11 is 0. The van der Waals surface area contributed by atoms with Crippen LogP contribution in [0.15, 0.2) is 21.0 Å². The highest BCUT2D eigenvalue weighted by Gasteiger charge is 2.08. The predicted octanol–water partition coefficient (Wildman–Crippen LogP) is 0.0152. The molecule has 0 bridgehead atoms. The van der Waals surface area contributed by atoms with Crippen molar-refractivity contribution in [2.24, 2.45) is 0 Å². The van der Waals surface area contributed by atoms with Gasteiger partial charge in [-0.3, -0.25) is 0 Å². The first-order chi connectivity index (χ1) is 7.61. The molecule has 0 fully saturated rings. The summed E-state index contributed by atoms with van der Waals surface area (Å²) < 4.78 is 10.2. The maximum Gasteiger partial charge on any atom is 0.205 e. The molecule has 0 aliphatic carbocycles. The second-order valence-electron chi connectivity index (χ2n) is 3.19. The summed E-state index contributed by atoms with van der Waals surface area (Å²) in [6, 6.07) is 3.20. The minimum atomic E-state index is -0.389. The maximum absolute atomic E-state index is 9.44. The quantitative estimate of drug-likeness (QED) is 0.666. The van der Waals surface area contributed by atoms with Crippen molar-refractivity contribution >= 4 is 12.7 Å². The topological polar surface area (TPSA) is 87.0 Å². The van der Waals surface area contributed by atoms with Gasteiger partial charge < -0.3 is 24.2 Å². The standard InChI is InChI=1S/C11H10O5/c1-6-10(13)11(14)9(15-6)4-7-2-3-8(5-12)16-7/h2-4,12-14H,1,5H2. The number of hydrogen-bond donors (Lipinski definition) is 3. The average Bonchev–Trinajstić information content (AvgIpc) is 2.81. The van der Waals surface area contributed by atoms with E-state index in [1.54, 1.807) is 12.1 Å². The number of furan rings is 2. The van der Waals surface area contributed by atoms with E-state index in [1.165, 1.54) is 6.08 Å². The average molecular weight is 222 g/mol. The van der Waals surface area contributed by atoms with E-state index in [-0.39, 0.29) is 28.9 Å². The van der Waals surface area contributed by atoms with Gasteiger partial charge in [-0.25, -0.2) is 0 Å². The van der Waals surface area contributed by atoms with Crippen LogP contribution in [0.2, 0.25) is 0 Å². The van der Waals surface area contributed by atoms with E-state index in [4.69, 9.17) is 13.9 Å². The van der Waals surface area contributed by atoms with Crippen LogP contribution in [-0.4, -0.2) is 15.3 Å². The van der Waals surface area contributed by atoms with Crippen LogP contribution >= 0.6 is 0 Å². The van der Waals surface area contributed by atoms with Crippen LogP contribution in [0.25, 0.3) is 12.7 Å². The largest absolute Gasteiger partial charge is 0.502 e. The second kappa shape index (κ2) is 3.79. The van der Waals surface area contributed by atoms with Gasteiger partial charge in [0.25, 0.3) is 0 Å². The lowest BCUT2D eigenvalue weighted by Gasteiger charge is -1.86. The van der Waals surface area contributed by atoms with Crippen molar-refractivity contribution in [2.75, 3.05) is 0 Å². The molecule has 5 heteroatoms. The third kappa shape index (κ3) is 1.68. The number of aromatic hydroxyl groups is 2. The molecule has 2 aromatic rings. The van der Waals surface area contributed by atoms with Crippen LogP contribution in [0.5, 0.6) is 11.5 Å². The van der Waals surface area contributed by atoms with Crippen LogP contribution in [0.1, 0.15) is 11.5 Å². The van der Waals surface area contributed by atoms with Gasteiger partial charge in [0.15, 0.2) is 10.8 Å². The molecule has 0 radical (unpaired) electrons. The molecule has 0 spiro atoms. The van der Waals surface area contributed by atoms with Gasteiger partial charge in [-0.05, 0) is 12.1 Å². The van der Waals surface area contributed by atoms with Crippen molar-refractivity contribution < 1.29 is 24.2 Å². The summed E-state index contributed by atoms with van der Waals surface area (Å²) in [5.41, 5.74) is 0.0408. The summed E-state index contributed by atoms with van der Waals surface area (Å²) in [6.07, 6.45) is 1.39. The fourth-order valence-corrected chi connectivity index (χ4v) is 1.26. The summed E-state index contributed by atoms with van der Waals surface area (Å²) in [5, 5.41) is 27.5. The molecular formula is C11H10O5. The Hall–Kier alpha value is -2.14. The van der Waals surface area contributed by atoms with Gasteiger partial charge in [0.1, 0.15) is 18.1 Å². The van der Waals surface area contributed by atoms with Gasteiger partial charge in [0.2, 0.25) is 11.5 Å². The lowest BCUT2D eigenvalue weighted by molar-refractivity contribution is 0.246. The van der Waals surface area contributed by atoms with Crippen LogP contribution in [-0.2, 0) is 6.61 Å². The van der Waals surface area contributed by atoms with E-state index < -0.39 is 0 Å². The first-order valence-corrected chi connectivity index (χ1v) is 4.53. The van der Waals surface area contributed by atoms with Crippen LogP contribution in [0.3, 0.4) is 0 Å². The minimum Gasteiger partial charge on any atom is -0.502 e. The van der Waals surface area contributed by atoms with Gasteiger partial charge in [0.05, 0.1) is 0 Å². The fraction of sp³-hybridized carbons (Fsp3) is 0.0909. The molecule has 0 saturated carbocycles. The monoisotopic (exact) mass is 222 g/mol. The Morgan fingerprint density at radius 2 is 1.94 bits per heavy atom. The van der Waals surface area contributed by atoms with Crippen molar-refractivity contribution in [3.63, 3.8) is 0 Å². The first-order valence-electron chi connectivity index (χ1n) is 4.53. The molecular weight excluding hydrogens is 212 g/mol. The molecule has 0 aromatic carbocycles. The molecule has 3 N–H and O–H groups in total. The molecule has 5 nitrogen and oxygen atoms in total. The molecule has 84 valence electrons. The Balaban J connectivity index is 2.51. The van der Waals surface area contributed by atoms with E-state index in [0.29, 0.717) is 11.5 Å². The lowest BCUT2D eigenvalue weighted by atomic mass is 10.3. The van der Waals surface area contributed by atoms with E-state index in [0.717, 1.165) is 0 Å². The third-order valence-electron chi connectivity index (χ3n) is 2.07. The Bertz CT molecular complexity index is 605. The van der Waals surface area contributed by atoms with E-state index in [2.05, 4.69) is 6.58 Å². The van der Waals surface area contributed by atoms with E-state index in [9.17, 15) is 10.2 Å². The normalized spacial score (nSPS) is 12.2. The molecule has 16 heavy (non-hydrogen) atoms. The third-order valence-corrected chi connectivity index (χ3v) is 2.07. The molecule has 0 aliphatic heterocycles. The van der Waals surface area contributed by atoms with E-state index >= 15 is 0 Å². The molecule has 0 aliphatic rings. The smallest absolute Gasteiger partial charge is 0.205 e. The Morgan fingerprint density at radius 1 is 1.19 bits per heavy atom. The van der Waals surface area contributed by atoms with Crippen molar-refractivity contribution in [2.45, 2.75) is 6.61 Å². The molecule has 0 unspecified atom stereocenters. The van der Waals surface area contributed by atoms with Crippen molar-refractivity contribution in [1.29, 1.82) is 0 Å². The van der Waals surface area contributed by atoms with Gasteiger partial charge in [-0.15, -0.1) is 0 Å². The highest BCUT2D eigenvalue weighted by Crippen LogP contribution is 2.15. The van der Waals surface area contributed by atoms with Gasteiger partial charge in [-0.2, -0.15) is 0 Å². The first kappa shape index (κ1) is 10.4. The zero-order chi connectivity index (χ0) is 11.7. The Morgan fingerprint density at radius 3 is 2.44 bits per heavy atom. The summed E-state index contributed by atoms with van der Waals surface area (Å²) in [6.45, 7) is 3.19. The summed E-state index contributed by atoms with van der Waals surface area (Å²) in [4.78, 5) is 0. The maximum atomic E-state index is 9.44. The highest BCUT2D eigenvalue weighted by molar-refractivity contribution is 5.48. The van der Waals surface area contributed by atoms with Crippen molar-refractivity contribution in [3.05, 3.63) is 34.5 Å². The number of aliphatic hydroxyl groups excluding tert-OH is 1. The predicted molar refractivity (Wildman–Crippen MR) is 55.0 cm³/mol. The number of aliphatic hydroxyl groups is 1. The summed E-state index contributed by atoms with van der Waals surface area (Å²) in [5.74, 6) is 0.0246. The van der Waals surface area contributed by atoms with Gasteiger partial charge >= 0.3 is 0 Å². The van der Waals surface area contributed by atoms with E-state index in [1.807, 2.05) is 0 Å². The fourth-order valence-electron chi connectivity index (χ4n) is 1.26. The van der Waals surface area contributed by atoms with Crippen molar-refractivity contribution in [1.82, 2.24) is 0 Å². The zero-order valence-electron chi connectivity index (χ0n) is 8.30. The second-order valence-corrected chi connectivity index (χ2v) is 3.19. The molecule has 0 atom stereocenters. The highest BCUT2D eigenvalue weighted by atomic mass is 16.4. The lowest BCUT2D eigenvalue weighted by Crippen LogP contribution is -1.97. The van der Waals surface area contributed by atoms with Crippen LogP contribution in [0.4, 0.5) is 0 Å². The number of rotatable bonds is 2. The van der Waals surface area contributed by atoms with Crippen LogP contribution in [0, 0.1) is 0 Å². The number of hydrogen-bond acceptors (Lipinski definition) is 5. The molecule has 0 amide bonds.